The third-order valence-electron chi connectivity index (χ3n) is 10.2. The predicted molar refractivity (Wildman–Crippen MR) is 174 cm³/mol. The minimum atomic E-state index is -1.94. The van der Waals surface area contributed by atoms with Crippen molar-refractivity contribution in [1.82, 2.24) is 5.32 Å². The number of Topliss-reactive ketones (excluding diaryl/α,β-unsaturated/α-hetero) is 1. The van der Waals surface area contributed by atoms with Gasteiger partial charge in [-0.1, -0.05) is 6.92 Å². The molecule has 4 rings (SSSR count). The van der Waals surface area contributed by atoms with E-state index in [1.807, 2.05) is 0 Å². The second-order valence-corrected chi connectivity index (χ2v) is 14.0. The zero-order valence-corrected chi connectivity index (χ0v) is 29.0. The molecule has 3 aliphatic heterocycles. The Morgan fingerprint density at radius 3 is 2.10 bits per heavy atom. The molecule has 0 amide bonds. The minimum absolute atomic E-state index is 0.0484. The molecule has 0 radical (unpaired) electrons. The Labute approximate surface area is 300 Å². The molecule has 0 spiro atoms. The van der Waals surface area contributed by atoms with Crippen molar-refractivity contribution in [3.63, 3.8) is 0 Å². The molecule has 0 aromatic carbocycles. The molecule has 21 heteroatoms. The number of alkyl halides is 1. The number of aliphatic hydroxyl groups excluding tert-OH is 8. The first-order valence-electron chi connectivity index (χ1n) is 17.7. The lowest BCUT2D eigenvalue weighted by molar-refractivity contribution is -0.299. The molecule has 1 saturated carbocycles. The quantitative estimate of drug-likeness (QED) is 0.0613. The average Bonchev–Trinajstić information content (AvgIpc) is 3.42. The van der Waals surface area contributed by atoms with Crippen LogP contribution in [0.15, 0.2) is 0 Å². The number of hydrogen-bond acceptors (Lipinski definition) is 20. The van der Waals surface area contributed by atoms with Crippen LogP contribution in [0.2, 0.25) is 0 Å². The van der Waals surface area contributed by atoms with Crippen molar-refractivity contribution in [2.24, 2.45) is 28.9 Å². The lowest BCUT2D eigenvalue weighted by Crippen LogP contribution is -2.64. The van der Waals surface area contributed by atoms with Gasteiger partial charge in [0.25, 0.3) is 0 Å². The van der Waals surface area contributed by atoms with Crippen molar-refractivity contribution in [2.45, 2.75) is 149 Å². The lowest BCUT2D eigenvalue weighted by Gasteiger charge is -2.47. The molecule has 20 atom stereocenters. The Hall–Kier alpha value is -1.16. The summed E-state index contributed by atoms with van der Waals surface area (Å²) >= 11 is 0. The Morgan fingerprint density at radius 1 is 0.827 bits per heavy atom. The molecule has 3 heterocycles. The SMILES string of the molecule is CC[C@@H](F)[C@H](O)C(=O)C[C@@H]1C[C@H](N)[C@@H](O[C@H]2O[C@H](CNCCO)[C@@H](O)C[C@H]2N)[C@H](O[C@@H]2O[C@H](CO)[C@@H](O[C@H]3O[C@@H](CN)[C@@H](O)[C@H](O)[C@H]3N)[C@H]2O)[C@H]1O. The van der Waals surface area contributed by atoms with Crippen LogP contribution in [0.1, 0.15) is 32.6 Å². The van der Waals surface area contributed by atoms with Gasteiger partial charge in [0.15, 0.2) is 24.7 Å². The molecule has 0 aromatic rings. The van der Waals surface area contributed by atoms with Crippen LogP contribution in [-0.4, -0.2) is 196 Å². The van der Waals surface area contributed by atoms with Crippen LogP contribution in [0.4, 0.5) is 4.39 Å². The first-order chi connectivity index (χ1) is 24.7. The first-order valence-corrected chi connectivity index (χ1v) is 17.7. The van der Waals surface area contributed by atoms with Crippen LogP contribution in [0.5, 0.6) is 0 Å². The zero-order chi connectivity index (χ0) is 38.4. The number of ether oxygens (including phenoxy) is 6. The second-order valence-electron chi connectivity index (χ2n) is 14.0. The molecule has 304 valence electrons. The standard InChI is InChI=1S/C31H58FN5O15/c1-2-12(32)22(43)16(41)6-11-5-13(34)26(50-29-14(35)7-15(40)18(48-29)9-37-3-4-38)28(21(11)42)52-31-25(46)27(19(10-39)49-31)51-30-20(36)24(45)23(44)17(8-33)47-30/h11-15,17-31,37-40,42-46H,2-10,33-36H2,1H3/t11-,12+,13-,14+,15-,17-,18+,19+,20+,21-,22-,23+,24+,25+,26+,27+,28+,29+,30+,31-/m0/s1. The molecular formula is C31H58FN5O15. The highest BCUT2D eigenvalue weighted by atomic mass is 19.1. The Bertz CT molecular complexity index is 1110. The molecular weight excluding hydrogens is 701 g/mol. The van der Waals surface area contributed by atoms with Crippen molar-refractivity contribution in [3.8, 4) is 0 Å². The van der Waals surface area contributed by atoms with E-state index in [0.29, 0.717) is 0 Å². The highest BCUT2D eigenvalue weighted by Crippen LogP contribution is 2.37. The van der Waals surface area contributed by atoms with Crippen molar-refractivity contribution in [1.29, 1.82) is 0 Å². The predicted octanol–water partition coefficient (Wildman–Crippen LogP) is -6.89. The van der Waals surface area contributed by atoms with Gasteiger partial charge < -0.3 is 97.5 Å². The molecule has 0 unspecified atom stereocenters. The van der Waals surface area contributed by atoms with Crippen LogP contribution < -0.4 is 28.3 Å². The Kier molecular flexibility index (Phi) is 16.4. The number of nitrogens with one attached hydrogen (secondary N) is 1. The van der Waals surface area contributed by atoms with E-state index >= 15 is 0 Å². The van der Waals surface area contributed by atoms with Gasteiger partial charge in [0, 0.05) is 32.1 Å². The fraction of sp³-hybridized carbons (Fsp3) is 0.968. The van der Waals surface area contributed by atoms with E-state index in [1.54, 1.807) is 0 Å². The summed E-state index contributed by atoms with van der Waals surface area (Å²) in [5.74, 6) is -1.86. The normalized spacial score (nSPS) is 45.5. The van der Waals surface area contributed by atoms with Gasteiger partial charge in [-0.25, -0.2) is 4.39 Å². The number of nitrogens with two attached hydrogens (primary N) is 4. The highest BCUT2D eigenvalue weighted by molar-refractivity contribution is 5.83. The van der Waals surface area contributed by atoms with E-state index in [0.717, 1.165) is 0 Å². The summed E-state index contributed by atoms with van der Waals surface area (Å²) in [4.78, 5) is 12.8. The van der Waals surface area contributed by atoms with Crippen LogP contribution in [0, 0.1) is 5.92 Å². The third kappa shape index (κ3) is 9.98. The molecule has 3 saturated heterocycles. The minimum Gasteiger partial charge on any atom is -0.395 e. The fourth-order valence-corrected chi connectivity index (χ4v) is 7.09. The van der Waals surface area contributed by atoms with Gasteiger partial charge in [-0.2, -0.15) is 0 Å². The lowest BCUT2D eigenvalue weighted by atomic mass is 9.76. The summed E-state index contributed by atoms with van der Waals surface area (Å²) in [6, 6.07) is -3.18. The molecule has 52 heavy (non-hydrogen) atoms. The number of carbonyl (C=O) groups is 1. The maximum atomic E-state index is 14.2. The molecule has 1 aliphatic carbocycles. The first kappa shape index (κ1) is 43.6. The van der Waals surface area contributed by atoms with E-state index in [4.69, 9.17) is 56.5 Å². The summed E-state index contributed by atoms with van der Waals surface area (Å²) in [5.41, 5.74) is 24.5. The number of hydrogen-bond donors (Lipinski definition) is 13. The zero-order valence-electron chi connectivity index (χ0n) is 29.0. The van der Waals surface area contributed by atoms with E-state index in [2.05, 4.69) is 5.32 Å². The van der Waals surface area contributed by atoms with Crippen LogP contribution in [0.25, 0.3) is 0 Å². The third-order valence-corrected chi connectivity index (χ3v) is 10.2. The van der Waals surface area contributed by atoms with Gasteiger partial charge >= 0.3 is 0 Å². The Balaban J connectivity index is 1.56. The van der Waals surface area contributed by atoms with Gasteiger partial charge in [-0.15, -0.1) is 0 Å². The summed E-state index contributed by atoms with van der Waals surface area (Å²) < 4.78 is 49.8. The Morgan fingerprint density at radius 2 is 1.46 bits per heavy atom. The second kappa shape index (κ2) is 19.6. The molecule has 4 aliphatic rings. The van der Waals surface area contributed by atoms with Gasteiger partial charge in [-0.3, -0.25) is 4.79 Å². The average molecular weight is 760 g/mol. The summed E-state index contributed by atoms with van der Waals surface area (Å²) in [6.45, 7) is 0.756. The maximum absolute atomic E-state index is 14.2. The van der Waals surface area contributed by atoms with E-state index in [-0.39, 0.29) is 45.5 Å². The molecule has 0 aromatic heterocycles. The van der Waals surface area contributed by atoms with E-state index in [9.17, 15) is 44.9 Å². The largest absolute Gasteiger partial charge is 0.395 e. The smallest absolute Gasteiger partial charge is 0.187 e. The van der Waals surface area contributed by atoms with Crippen LogP contribution in [0.3, 0.4) is 0 Å². The number of rotatable bonds is 17. The van der Waals surface area contributed by atoms with Crippen LogP contribution in [-0.2, 0) is 33.2 Å². The van der Waals surface area contributed by atoms with Crippen molar-refractivity contribution in [2.75, 3.05) is 32.8 Å². The van der Waals surface area contributed by atoms with Crippen molar-refractivity contribution in [3.05, 3.63) is 0 Å². The van der Waals surface area contributed by atoms with Crippen molar-refractivity contribution >= 4 is 5.78 Å². The van der Waals surface area contributed by atoms with Gasteiger partial charge in [0.1, 0.15) is 61.1 Å². The van der Waals surface area contributed by atoms with Crippen molar-refractivity contribution < 1.29 is 78.5 Å². The fourth-order valence-electron chi connectivity index (χ4n) is 7.09. The summed E-state index contributed by atoms with van der Waals surface area (Å²) in [5, 5.41) is 86.6. The molecule has 20 nitrogen and oxygen atoms in total. The van der Waals surface area contributed by atoms with E-state index < -0.39 is 141 Å². The monoisotopic (exact) mass is 759 g/mol. The number of ketones is 1. The highest BCUT2D eigenvalue weighted by Gasteiger charge is 2.54. The van der Waals surface area contributed by atoms with Gasteiger partial charge in [0.2, 0.25) is 0 Å². The molecule has 0 bridgehead atoms. The molecule has 4 fully saturated rings. The van der Waals surface area contributed by atoms with E-state index in [1.165, 1.54) is 6.92 Å². The summed E-state index contributed by atoms with van der Waals surface area (Å²) in [7, 11) is 0. The van der Waals surface area contributed by atoms with Gasteiger partial charge in [0.05, 0.1) is 43.6 Å². The van der Waals surface area contributed by atoms with Gasteiger partial charge in [-0.05, 0) is 25.2 Å². The number of halogens is 1. The number of carbonyl (C=O) groups excluding carboxylic acids is 1. The topological polar surface area (TPSA) is 350 Å². The number of aliphatic hydroxyl groups is 8. The van der Waals surface area contributed by atoms with Crippen LogP contribution >= 0.6 is 0 Å². The maximum Gasteiger partial charge on any atom is 0.187 e. The molecule has 17 N–H and O–H groups in total. The summed E-state index contributed by atoms with van der Waals surface area (Å²) in [6.07, 6.45) is -23.2.